The fourth-order valence-corrected chi connectivity index (χ4v) is 4.34. The van der Waals surface area contributed by atoms with Gasteiger partial charge < -0.3 is 10.6 Å². The standard InChI is InChI=1S/C22H16F4N4O3S/c1-11-17(28-10-34-11)21(19(32)29-20(33)30-21)9-27-18(31)15-7-6-14(23)8-16(15)12-2-4-13(5-3-12)22(24,25)26/h2-8,10H,9H2,1H3,(H,27,31)(H2,29,30,32,33). The van der Waals surface area contributed by atoms with Gasteiger partial charge in [-0.1, -0.05) is 12.1 Å². The zero-order chi connectivity index (χ0) is 24.7. The maximum Gasteiger partial charge on any atom is 0.416 e. The van der Waals surface area contributed by atoms with Crippen LogP contribution in [0, 0.1) is 12.7 Å². The van der Waals surface area contributed by atoms with Gasteiger partial charge in [-0.05, 0) is 48.4 Å². The van der Waals surface area contributed by atoms with E-state index in [2.05, 4.69) is 20.9 Å². The number of hydrogen-bond donors (Lipinski definition) is 3. The SMILES string of the molecule is Cc1scnc1C1(CNC(=O)c2ccc(F)cc2-c2ccc(C(F)(F)F)cc2)NC(=O)NC1=O. The molecule has 34 heavy (non-hydrogen) atoms. The van der Waals surface area contributed by atoms with Gasteiger partial charge in [0.25, 0.3) is 11.8 Å². The minimum absolute atomic E-state index is 0.0314. The van der Waals surface area contributed by atoms with E-state index in [0.717, 1.165) is 36.4 Å². The maximum atomic E-state index is 14.0. The molecule has 2 aromatic carbocycles. The van der Waals surface area contributed by atoms with Gasteiger partial charge in [-0.3, -0.25) is 14.9 Å². The van der Waals surface area contributed by atoms with Crippen molar-refractivity contribution in [3.05, 3.63) is 75.5 Å². The molecule has 1 aliphatic rings. The van der Waals surface area contributed by atoms with E-state index in [9.17, 15) is 31.9 Å². The zero-order valence-electron chi connectivity index (χ0n) is 17.4. The number of amides is 4. The fraction of sp³-hybridized carbons (Fsp3) is 0.182. The van der Waals surface area contributed by atoms with E-state index in [1.54, 1.807) is 6.92 Å². The number of halogens is 4. The molecule has 4 rings (SSSR count). The van der Waals surface area contributed by atoms with Crippen molar-refractivity contribution in [3.8, 4) is 11.1 Å². The number of nitrogens with zero attached hydrogens (tertiary/aromatic N) is 1. The molecule has 2 heterocycles. The molecule has 0 aliphatic carbocycles. The summed E-state index contributed by atoms with van der Waals surface area (Å²) in [6, 6.07) is 6.44. The molecule has 0 bridgehead atoms. The monoisotopic (exact) mass is 492 g/mol. The Kier molecular flexibility index (Phi) is 5.86. The van der Waals surface area contributed by atoms with E-state index in [-0.39, 0.29) is 28.9 Å². The number of imide groups is 1. The third-order valence-corrected chi connectivity index (χ3v) is 6.11. The lowest BCUT2D eigenvalue weighted by molar-refractivity contribution is -0.137. The Morgan fingerprint density at radius 2 is 1.85 bits per heavy atom. The van der Waals surface area contributed by atoms with E-state index in [4.69, 9.17) is 0 Å². The third-order valence-electron chi connectivity index (χ3n) is 5.35. The summed E-state index contributed by atoms with van der Waals surface area (Å²) >= 11 is 1.25. The highest BCUT2D eigenvalue weighted by molar-refractivity contribution is 7.09. The number of benzene rings is 2. The second-order valence-electron chi connectivity index (χ2n) is 7.52. The van der Waals surface area contributed by atoms with Crippen molar-refractivity contribution in [2.45, 2.75) is 18.6 Å². The summed E-state index contributed by atoms with van der Waals surface area (Å²) in [6.07, 6.45) is -4.55. The molecule has 12 heteroatoms. The van der Waals surface area contributed by atoms with E-state index in [0.29, 0.717) is 4.88 Å². The third kappa shape index (κ3) is 4.23. The number of aryl methyl sites for hydroxylation is 1. The van der Waals surface area contributed by atoms with Crippen LogP contribution in [0.4, 0.5) is 22.4 Å². The van der Waals surface area contributed by atoms with Crippen molar-refractivity contribution >= 4 is 29.2 Å². The average molecular weight is 492 g/mol. The topological polar surface area (TPSA) is 100 Å². The van der Waals surface area contributed by atoms with Crippen molar-refractivity contribution in [1.29, 1.82) is 0 Å². The van der Waals surface area contributed by atoms with Crippen molar-refractivity contribution < 1.29 is 31.9 Å². The smallest absolute Gasteiger partial charge is 0.349 e. The highest BCUT2D eigenvalue weighted by Gasteiger charge is 2.50. The van der Waals surface area contributed by atoms with Gasteiger partial charge in [0, 0.05) is 10.4 Å². The maximum absolute atomic E-state index is 14.0. The molecular formula is C22H16F4N4O3S. The molecule has 0 saturated carbocycles. The molecule has 0 radical (unpaired) electrons. The van der Waals surface area contributed by atoms with Crippen LogP contribution in [0.25, 0.3) is 11.1 Å². The van der Waals surface area contributed by atoms with Crippen LogP contribution >= 0.6 is 11.3 Å². The van der Waals surface area contributed by atoms with Crippen LogP contribution in [-0.4, -0.2) is 29.4 Å². The number of carbonyl (C=O) groups excluding carboxylic acids is 3. The molecular weight excluding hydrogens is 476 g/mol. The predicted molar refractivity (Wildman–Crippen MR) is 114 cm³/mol. The molecule has 1 fully saturated rings. The van der Waals surface area contributed by atoms with Crippen molar-refractivity contribution in [2.75, 3.05) is 6.54 Å². The normalized spacial score (nSPS) is 17.9. The van der Waals surface area contributed by atoms with Gasteiger partial charge in [0.15, 0.2) is 5.54 Å². The Morgan fingerprint density at radius 3 is 2.41 bits per heavy atom. The molecule has 176 valence electrons. The van der Waals surface area contributed by atoms with Gasteiger partial charge in [-0.2, -0.15) is 13.2 Å². The summed E-state index contributed by atoms with van der Waals surface area (Å²) in [5.74, 6) is -2.12. The first-order chi connectivity index (χ1) is 16.0. The highest BCUT2D eigenvalue weighted by Crippen LogP contribution is 2.33. The lowest BCUT2D eigenvalue weighted by Gasteiger charge is -2.25. The number of urea groups is 1. The van der Waals surface area contributed by atoms with Crippen LogP contribution in [0.3, 0.4) is 0 Å². The largest absolute Gasteiger partial charge is 0.416 e. The summed E-state index contributed by atoms with van der Waals surface area (Å²) in [5.41, 5.74) is -0.554. The predicted octanol–water partition coefficient (Wildman–Crippen LogP) is 3.74. The Labute approximate surface area is 194 Å². The van der Waals surface area contributed by atoms with E-state index in [1.165, 1.54) is 22.9 Å². The Balaban J connectivity index is 1.65. The number of rotatable bonds is 5. The minimum Gasteiger partial charge on any atom is -0.349 e. The second-order valence-corrected chi connectivity index (χ2v) is 8.58. The quantitative estimate of drug-likeness (QED) is 0.373. The van der Waals surface area contributed by atoms with Crippen molar-refractivity contribution in [1.82, 2.24) is 20.9 Å². The van der Waals surface area contributed by atoms with Crippen molar-refractivity contribution in [3.63, 3.8) is 0 Å². The van der Waals surface area contributed by atoms with Gasteiger partial charge in [0.05, 0.1) is 23.3 Å². The van der Waals surface area contributed by atoms with Crippen LogP contribution in [0.5, 0.6) is 0 Å². The first-order valence-corrected chi connectivity index (χ1v) is 10.7. The molecule has 3 N–H and O–H groups in total. The number of hydrogen-bond acceptors (Lipinski definition) is 5. The van der Waals surface area contributed by atoms with Crippen LogP contribution < -0.4 is 16.0 Å². The Morgan fingerprint density at radius 1 is 1.15 bits per heavy atom. The molecule has 0 spiro atoms. The highest BCUT2D eigenvalue weighted by atomic mass is 32.1. The average Bonchev–Trinajstić information content (AvgIpc) is 3.33. The Hall–Kier alpha value is -3.80. The summed E-state index contributed by atoms with van der Waals surface area (Å²) in [6.45, 7) is 1.34. The van der Waals surface area contributed by atoms with Gasteiger partial charge in [0.2, 0.25) is 0 Å². The lowest BCUT2D eigenvalue weighted by atomic mass is 9.93. The van der Waals surface area contributed by atoms with E-state index < -0.39 is 40.9 Å². The molecule has 1 saturated heterocycles. The second kappa shape index (κ2) is 8.52. The van der Waals surface area contributed by atoms with E-state index in [1.807, 2.05) is 0 Å². The van der Waals surface area contributed by atoms with Gasteiger partial charge in [-0.25, -0.2) is 14.2 Å². The lowest BCUT2D eigenvalue weighted by Crippen LogP contribution is -2.53. The molecule has 1 unspecified atom stereocenters. The molecule has 3 aromatic rings. The molecule has 7 nitrogen and oxygen atoms in total. The number of nitrogens with one attached hydrogen (secondary N) is 3. The zero-order valence-corrected chi connectivity index (χ0v) is 18.2. The molecule has 1 aromatic heterocycles. The van der Waals surface area contributed by atoms with Gasteiger partial charge in [-0.15, -0.1) is 11.3 Å². The number of thiazole rings is 1. The van der Waals surface area contributed by atoms with Gasteiger partial charge >= 0.3 is 12.2 Å². The molecule has 4 amide bonds. The summed E-state index contributed by atoms with van der Waals surface area (Å²) in [7, 11) is 0. The van der Waals surface area contributed by atoms with Crippen LogP contribution in [-0.2, 0) is 16.5 Å². The van der Waals surface area contributed by atoms with Crippen LogP contribution in [0.2, 0.25) is 0 Å². The number of carbonyl (C=O) groups is 3. The van der Waals surface area contributed by atoms with Crippen LogP contribution in [0.1, 0.15) is 26.5 Å². The van der Waals surface area contributed by atoms with Crippen molar-refractivity contribution in [2.24, 2.45) is 0 Å². The summed E-state index contributed by atoms with van der Waals surface area (Å²) < 4.78 is 52.6. The summed E-state index contributed by atoms with van der Waals surface area (Å²) in [5, 5.41) is 7.20. The van der Waals surface area contributed by atoms with Gasteiger partial charge in [0.1, 0.15) is 5.82 Å². The van der Waals surface area contributed by atoms with Crippen LogP contribution in [0.15, 0.2) is 48.0 Å². The summed E-state index contributed by atoms with van der Waals surface area (Å²) in [4.78, 5) is 42.3. The first-order valence-electron chi connectivity index (χ1n) is 9.81. The molecule has 1 atom stereocenters. The minimum atomic E-state index is -4.55. The number of aromatic nitrogens is 1. The Bertz CT molecular complexity index is 1290. The number of alkyl halides is 3. The first kappa shape index (κ1) is 23.4. The van der Waals surface area contributed by atoms with E-state index >= 15 is 0 Å². The molecule has 1 aliphatic heterocycles. The fourth-order valence-electron chi connectivity index (χ4n) is 3.68.